The summed E-state index contributed by atoms with van der Waals surface area (Å²) < 4.78 is 0. The first-order chi connectivity index (χ1) is 6.40. The molecule has 2 rings (SSSR count). The zero-order valence-electron chi connectivity index (χ0n) is 8.29. The van der Waals surface area contributed by atoms with E-state index in [-0.39, 0.29) is 0 Å². The average molecular weight is 175 g/mol. The highest BCUT2D eigenvalue weighted by molar-refractivity contribution is 5.22. The average Bonchev–Trinajstić information content (AvgIpc) is 2.18. The van der Waals surface area contributed by atoms with Gasteiger partial charge in [0.25, 0.3) is 0 Å². The molecule has 1 aliphatic rings. The van der Waals surface area contributed by atoms with E-state index >= 15 is 0 Å². The van der Waals surface area contributed by atoms with Gasteiger partial charge in [0.05, 0.1) is 0 Å². The maximum Gasteiger partial charge on any atom is 0.0435 e. The number of rotatable bonds is 2. The summed E-state index contributed by atoms with van der Waals surface area (Å²) in [4.78, 5) is 4.41. The van der Waals surface area contributed by atoms with Gasteiger partial charge in [-0.2, -0.15) is 0 Å². The normalized spacial score (nSPS) is 21.2. The molecule has 1 aromatic rings. The summed E-state index contributed by atoms with van der Waals surface area (Å²) in [5, 5.41) is 0. The Morgan fingerprint density at radius 1 is 1.54 bits per heavy atom. The van der Waals surface area contributed by atoms with Crippen molar-refractivity contribution in [1.29, 1.82) is 0 Å². The van der Waals surface area contributed by atoms with Crippen molar-refractivity contribution in [1.82, 2.24) is 4.98 Å². The van der Waals surface area contributed by atoms with E-state index in [2.05, 4.69) is 24.0 Å². The first-order valence-electron chi connectivity index (χ1n) is 5.33. The van der Waals surface area contributed by atoms with Gasteiger partial charge in [0.2, 0.25) is 0 Å². The molecule has 1 heterocycles. The van der Waals surface area contributed by atoms with Crippen LogP contribution in [0.2, 0.25) is 0 Å². The first-order valence-corrected chi connectivity index (χ1v) is 5.33. The lowest BCUT2D eigenvalue weighted by atomic mass is 9.84. The van der Waals surface area contributed by atoms with Gasteiger partial charge in [-0.15, -0.1) is 0 Å². The molecule has 0 bridgehead atoms. The Morgan fingerprint density at radius 2 is 2.46 bits per heavy atom. The van der Waals surface area contributed by atoms with Crippen LogP contribution in [0.5, 0.6) is 0 Å². The number of aryl methyl sites for hydroxylation is 1. The van der Waals surface area contributed by atoms with E-state index in [1.807, 2.05) is 6.20 Å². The summed E-state index contributed by atoms with van der Waals surface area (Å²) in [6.45, 7) is 2.28. The van der Waals surface area contributed by atoms with Crippen molar-refractivity contribution < 1.29 is 0 Å². The maximum atomic E-state index is 4.41. The van der Waals surface area contributed by atoms with Crippen LogP contribution in [0.4, 0.5) is 0 Å². The van der Waals surface area contributed by atoms with E-state index in [9.17, 15) is 0 Å². The third-order valence-corrected chi connectivity index (χ3v) is 2.98. The van der Waals surface area contributed by atoms with Crippen LogP contribution in [0.1, 0.15) is 37.4 Å². The second kappa shape index (κ2) is 3.91. The van der Waals surface area contributed by atoms with Crippen molar-refractivity contribution >= 4 is 0 Å². The molecule has 1 unspecified atom stereocenters. The van der Waals surface area contributed by atoms with Crippen LogP contribution in [-0.2, 0) is 12.8 Å². The van der Waals surface area contributed by atoms with E-state index in [1.54, 1.807) is 0 Å². The highest BCUT2D eigenvalue weighted by atomic mass is 14.7. The third kappa shape index (κ3) is 1.90. The highest BCUT2D eigenvalue weighted by Crippen LogP contribution is 2.26. The number of aromatic nitrogens is 1. The molecule has 1 aliphatic carbocycles. The minimum absolute atomic E-state index is 0.918. The van der Waals surface area contributed by atoms with Crippen LogP contribution in [0, 0.1) is 5.92 Å². The molecule has 0 saturated carbocycles. The second-order valence-electron chi connectivity index (χ2n) is 4.01. The molecule has 0 spiro atoms. The fourth-order valence-corrected chi connectivity index (χ4v) is 2.29. The summed E-state index contributed by atoms with van der Waals surface area (Å²) in [7, 11) is 0. The number of hydrogen-bond donors (Lipinski definition) is 0. The SMILES string of the molecule is CCCC1CCc2ncccc2C1. The van der Waals surface area contributed by atoms with Crippen molar-refractivity contribution in [3.8, 4) is 0 Å². The zero-order chi connectivity index (χ0) is 9.10. The van der Waals surface area contributed by atoms with Crippen molar-refractivity contribution in [3.05, 3.63) is 29.6 Å². The molecule has 13 heavy (non-hydrogen) atoms. The fourth-order valence-electron chi connectivity index (χ4n) is 2.29. The standard InChI is InChI=1S/C12H17N/c1-2-4-10-6-7-12-11(9-10)5-3-8-13-12/h3,5,8,10H,2,4,6-7,9H2,1H3. The van der Waals surface area contributed by atoms with Gasteiger partial charge in [-0.1, -0.05) is 25.8 Å². The molecule has 70 valence electrons. The molecular weight excluding hydrogens is 158 g/mol. The first kappa shape index (κ1) is 8.74. The molecule has 1 atom stereocenters. The Labute approximate surface area is 80.2 Å². The van der Waals surface area contributed by atoms with Gasteiger partial charge >= 0.3 is 0 Å². The van der Waals surface area contributed by atoms with Crippen LogP contribution in [-0.4, -0.2) is 4.98 Å². The van der Waals surface area contributed by atoms with Gasteiger partial charge in [-0.05, 0) is 36.8 Å². The zero-order valence-corrected chi connectivity index (χ0v) is 8.29. The molecule has 0 aliphatic heterocycles. The van der Waals surface area contributed by atoms with Crippen LogP contribution < -0.4 is 0 Å². The van der Waals surface area contributed by atoms with Crippen LogP contribution >= 0.6 is 0 Å². The van der Waals surface area contributed by atoms with Crippen LogP contribution in [0.3, 0.4) is 0 Å². The summed E-state index contributed by atoms with van der Waals surface area (Å²) in [6.07, 6.45) is 8.42. The topological polar surface area (TPSA) is 12.9 Å². The van der Waals surface area contributed by atoms with Gasteiger partial charge in [-0.25, -0.2) is 0 Å². The lowest BCUT2D eigenvalue weighted by Crippen LogP contribution is -2.14. The molecule has 1 nitrogen and oxygen atoms in total. The van der Waals surface area contributed by atoms with Crippen molar-refractivity contribution in [2.24, 2.45) is 5.92 Å². The second-order valence-corrected chi connectivity index (χ2v) is 4.01. The maximum absolute atomic E-state index is 4.41. The Kier molecular flexibility index (Phi) is 2.62. The molecule has 0 N–H and O–H groups in total. The largest absolute Gasteiger partial charge is 0.261 e. The predicted octanol–water partition coefficient (Wildman–Crippen LogP) is 2.99. The number of fused-ring (bicyclic) bond motifs is 1. The van der Waals surface area contributed by atoms with Gasteiger partial charge in [0.15, 0.2) is 0 Å². The van der Waals surface area contributed by atoms with Crippen LogP contribution in [0.15, 0.2) is 18.3 Å². The quantitative estimate of drug-likeness (QED) is 0.673. The monoisotopic (exact) mass is 175 g/mol. The van der Waals surface area contributed by atoms with E-state index in [0.717, 1.165) is 5.92 Å². The van der Waals surface area contributed by atoms with Crippen molar-refractivity contribution in [3.63, 3.8) is 0 Å². The van der Waals surface area contributed by atoms with E-state index in [4.69, 9.17) is 0 Å². The number of hydrogen-bond acceptors (Lipinski definition) is 1. The summed E-state index contributed by atoms with van der Waals surface area (Å²) in [5.74, 6) is 0.918. The lowest BCUT2D eigenvalue weighted by Gasteiger charge is -2.22. The minimum Gasteiger partial charge on any atom is -0.261 e. The smallest absolute Gasteiger partial charge is 0.0435 e. The molecule has 0 amide bonds. The van der Waals surface area contributed by atoms with E-state index in [0.29, 0.717) is 0 Å². The fraction of sp³-hybridized carbons (Fsp3) is 0.583. The minimum atomic E-state index is 0.918. The molecule has 1 heteroatoms. The number of pyridine rings is 1. The summed E-state index contributed by atoms with van der Waals surface area (Å²) in [6, 6.07) is 4.30. The molecule has 1 aromatic heterocycles. The van der Waals surface area contributed by atoms with Gasteiger partial charge in [-0.3, -0.25) is 4.98 Å². The Morgan fingerprint density at radius 3 is 3.31 bits per heavy atom. The molecule has 0 radical (unpaired) electrons. The van der Waals surface area contributed by atoms with Gasteiger partial charge in [0, 0.05) is 11.9 Å². The highest BCUT2D eigenvalue weighted by Gasteiger charge is 2.17. The van der Waals surface area contributed by atoms with Crippen LogP contribution in [0.25, 0.3) is 0 Å². The Hall–Kier alpha value is -0.850. The molecule has 0 fully saturated rings. The van der Waals surface area contributed by atoms with E-state index < -0.39 is 0 Å². The molecule has 0 aromatic carbocycles. The lowest BCUT2D eigenvalue weighted by molar-refractivity contribution is 0.418. The summed E-state index contributed by atoms with van der Waals surface area (Å²) in [5.41, 5.74) is 2.84. The molecular formula is C12H17N. The molecule has 0 saturated heterocycles. The summed E-state index contributed by atoms with van der Waals surface area (Å²) >= 11 is 0. The van der Waals surface area contributed by atoms with Crippen molar-refractivity contribution in [2.45, 2.75) is 39.0 Å². The Bertz CT molecular complexity index is 280. The third-order valence-electron chi connectivity index (χ3n) is 2.98. The van der Waals surface area contributed by atoms with E-state index in [1.165, 1.54) is 43.4 Å². The number of nitrogens with zero attached hydrogens (tertiary/aromatic N) is 1. The predicted molar refractivity (Wildman–Crippen MR) is 54.7 cm³/mol. The van der Waals surface area contributed by atoms with Crippen molar-refractivity contribution in [2.75, 3.05) is 0 Å². The Balaban J connectivity index is 2.11. The van der Waals surface area contributed by atoms with Gasteiger partial charge in [0.1, 0.15) is 0 Å². The van der Waals surface area contributed by atoms with Gasteiger partial charge < -0.3 is 0 Å².